The van der Waals surface area contributed by atoms with Gasteiger partial charge in [-0.1, -0.05) is 176 Å². The van der Waals surface area contributed by atoms with Gasteiger partial charge in [-0.3, -0.25) is 0 Å². The number of allylic oxidation sites excluding steroid dienone is 4. The molecule has 2 spiro atoms. The zero-order valence-corrected chi connectivity index (χ0v) is 37.5. The third kappa shape index (κ3) is 5.03. The number of fused-ring (bicyclic) bond motifs is 19. The summed E-state index contributed by atoms with van der Waals surface area (Å²) in [5, 5.41) is 2.14. The molecule has 0 radical (unpaired) electrons. The second kappa shape index (κ2) is 14.2. The third-order valence-electron chi connectivity index (χ3n) is 14.8. The van der Waals surface area contributed by atoms with Crippen molar-refractivity contribution in [2.75, 3.05) is 4.90 Å². The predicted molar refractivity (Wildman–Crippen MR) is 274 cm³/mol. The van der Waals surface area contributed by atoms with Gasteiger partial charge in [0.25, 0.3) is 0 Å². The van der Waals surface area contributed by atoms with Crippen molar-refractivity contribution >= 4 is 50.8 Å². The molecule has 9 aromatic carbocycles. The number of rotatable bonds is 5. The first-order valence-electron chi connectivity index (χ1n) is 22.9. The van der Waals surface area contributed by atoms with Crippen molar-refractivity contribution in [1.82, 2.24) is 0 Å². The van der Waals surface area contributed by atoms with Crippen molar-refractivity contribution in [2.45, 2.75) is 27.5 Å². The van der Waals surface area contributed by atoms with Gasteiger partial charge in [-0.25, -0.2) is 0 Å². The molecular weight excluding hydrogens is 835 g/mol. The Labute approximate surface area is 393 Å². The first kappa shape index (κ1) is 38.2. The summed E-state index contributed by atoms with van der Waals surface area (Å²) in [4.78, 5) is 4.94. The van der Waals surface area contributed by atoms with E-state index in [1.807, 2.05) is 30.0 Å². The highest BCUT2D eigenvalue weighted by Crippen LogP contribution is 2.64. The standard InChI is InChI=1S/C63H41NO2S/c1-3-4-29-55-39(2)62(47-23-10-5-18-42(47)43-19-6-11-24-48(43)62)53-37-40(34-36-57(53)65-55)64(54-28-17-31-58-61(54)46-22-9-15-30-56(46)66-58)41-33-35-52-60(38-41)67-59-32-16-14-27-51(59)63(52)49-25-12-7-20-44(49)45-21-8-13-26-50(45)63/h3-38H,1H2,2H3/b29-4-. The Kier molecular flexibility index (Phi) is 8.12. The molecule has 67 heavy (non-hydrogen) atoms. The van der Waals surface area contributed by atoms with E-state index in [4.69, 9.17) is 9.15 Å². The maximum absolute atomic E-state index is 6.95. The van der Waals surface area contributed by atoms with Crippen LogP contribution >= 0.6 is 11.8 Å². The van der Waals surface area contributed by atoms with E-state index in [9.17, 15) is 0 Å². The Bertz CT molecular complexity index is 3740. The molecule has 0 atom stereocenters. The van der Waals surface area contributed by atoms with Crippen LogP contribution in [-0.4, -0.2) is 0 Å². The minimum Gasteiger partial charge on any atom is -0.457 e. The first-order valence-corrected chi connectivity index (χ1v) is 23.8. The van der Waals surface area contributed by atoms with Gasteiger partial charge in [0.1, 0.15) is 22.7 Å². The van der Waals surface area contributed by atoms with E-state index in [0.717, 1.165) is 61.6 Å². The van der Waals surface area contributed by atoms with Crippen LogP contribution in [0.2, 0.25) is 0 Å². The maximum Gasteiger partial charge on any atom is 0.137 e. The molecule has 3 nitrogen and oxygen atoms in total. The highest BCUT2D eigenvalue weighted by molar-refractivity contribution is 7.99. The lowest BCUT2D eigenvalue weighted by molar-refractivity contribution is 0.399. The molecule has 4 heteroatoms. The molecule has 1 aromatic heterocycles. The largest absolute Gasteiger partial charge is 0.457 e. The number of hydrogen-bond acceptors (Lipinski definition) is 4. The van der Waals surface area contributed by atoms with Crippen LogP contribution in [0.15, 0.2) is 251 Å². The number of hydrogen-bond donors (Lipinski definition) is 0. The Hall–Kier alpha value is -8.05. The van der Waals surface area contributed by atoms with Gasteiger partial charge in [0.2, 0.25) is 0 Å². The van der Waals surface area contributed by atoms with E-state index in [0.29, 0.717) is 0 Å². The van der Waals surface area contributed by atoms with E-state index >= 15 is 0 Å². The highest BCUT2D eigenvalue weighted by atomic mass is 32.2. The van der Waals surface area contributed by atoms with Crippen molar-refractivity contribution in [3.05, 3.63) is 275 Å². The first-order chi connectivity index (χ1) is 33.1. The van der Waals surface area contributed by atoms with Crippen LogP contribution in [0.5, 0.6) is 5.75 Å². The van der Waals surface area contributed by atoms with Crippen LogP contribution in [0.25, 0.3) is 44.2 Å². The molecule has 14 rings (SSSR count). The summed E-state index contributed by atoms with van der Waals surface area (Å²) >= 11 is 1.87. The summed E-state index contributed by atoms with van der Waals surface area (Å²) in [5.41, 5.74) is 18.8. The normalized spacial score (nSPS) is 15.2. The number of para-hydroxylation sites is 1. The number of anilines is 3. The minimum atomic E-state index is -0.622. The number of benzene rings is 9. The molecule has 0 bridgehead atoms. The maximum atomic E-state index is 6.95. The van der Waals surface area contributed by atoms with Crippen molar-refractivity contribution < 1.29 is 9.15 Å². The summed E-state index contributed by atoms with van der Waals surface area (Å²) in [7, 11) is 0. The highest BCUT2D eigenvalue weighted by Gasteiger charge is 2.52. The fourth-order valence-corrected chi connectivity index (χ4v) is 13.4. The van der Waals surface area contributed by atoms with Gasteiger partial charge in [0, 0.05) is 32.1 Å². The zero-order chi connectivity index (χ0) is 44.4. The van der Waals surface area contributed by atoms with Gasteiger partial charge in [-0.2, -0.15) is 0 Å². The van der Waals surface area contributed by atoms with Gasteiger partial charge in [-0.05, 0) is 129 Å². The molecule has 2 aliphatic heterocycles. The fourth-order valence-electron chi connectivity index (χ4n) is 12.2. The summed E-state index contributed by atoms with van der Waals surface area (Å²) in [6, 6.07) is 73.6. The van der Waals surface area contributed by atoms with E-state index in [-0.39, 0.29) is 0 Å². The van der Waals surface area contributed by atoms with E-state index in [2.05, 4.69) is 219 Å². The predicted octanol–water partition coefficient (Wildman–Crippen LogP) is 16.6. The van der Waals surface area contributed by atoms with Crippen LogP contribution < -0.4 is 9.64 Å². The molecule has 0 N–H and O–H groups in total. The van der Waals surface area contributed by atoms with Crippen molar-refractivity contribution in [1.29, 1.82) is 0 Å². The molecule has 0 saturated heterocycles. The van der Waals surface area contributed by atoms with Crippen molar-refractivity contribution in [3.8, 4) is 28.0 Å². The van der Waals surface area contributed by atoms with E-state index < -0.39 is 10.8 Å². The second-order valence-electron chi connectivity index (χ2n) is 17.9. The van der Waals surface area contributed by atoms with Crippen LogP contribution in [0.4, 0.5) is 17.1 Å². The molecule has 4 aliphatic rings. The zero-order valence-electron chi connectivity index (χ0n) is 36.7. The average molecular weight is 876 g/mol. The lowest BCUT2D eigenvalue weighted by atomic mass is 9.66. The van der Waals surface area contributed by atoms with Crippen LogP contribution in [0, 0.1) is 0 Å². The van der Waals surface area contributed by atoms with E-state index in [1.54, 1.807) is 0 Å². The topological polar surface area (TPSA) is 25.6 Å². The molecular formula is C63H41NO2S. The Morgan fingerprint density at radius 1 is 0.493 bits per heavy atom. The van der Waals surface area contributed by atoms with Crippen LogP contribution in [0.1, 0.15) is 45.9 Å². The number of nitrogens with zero attached hydrogens (tertiary/aromatic N) is 1. The van der Waals surface area contributed by atoms with E-state index in [1.165, 1.54) is 65.4 Å². The van der Waals surface area contributed by atoms with Crippen molar-refractivity contribution in [3.63, 3.8) is 0 Å². The molecule has 0 unspecified atom stereocenters. The molecule has 316 valence electrons. The molecule has 0 fully saturated rings. The van der Waals surface area contributed by atoms with Gasteiger partial charge < -0.3 is 14.1 Å². The summed E-state index contributed by atoms with van der Waals surface area (Å²) in [6.45, 7) is 6.24. The Morgan fingerprint density at radius 2 is 1.04 bits per heavy atom. The van der Waals surface area contributed by atoms with Gasteiger partial charge in [0.05, 0.1) is 21.9 Å². The van der Waals surface area contributed by atoms with Gasteiger partial charge in [-0.15, -0.1) is 0 Å². The minimum absolute atomic E-state index is 0.477. The van der Waals surface area contributed by atoms with Crippen LogP contribution in [-0.2, 0) is 10.8 Å². The molecule has 3 heterocycles. The summed E-state index contributed by atoms with van der Waals surface area (Å²) in [6.07, 6.45) is 5.83. The summed E-state index contributed by atoms with van der Waals surface area (Å²) < 4.78 is 13.6. The molecule has 0 saturated carbocycles. The monoisotopic (exact) mass is 875 g/mol. The quantitative estimate of drug-likeness (QED) is 0.161. The third-order valence-corrected chi connectivity index (χ3v) is 16.0. The fraction of sp³-hybridized carbons (Fsp3) is 0.0476. The Balaban J connectivity index is 1.05. The number of furan rings is 1. The molecule has 2 aliphatic carbocycles. The van der Waals surface area contributed by atoms with Crippen LogP contribution in [0.3, 0.4) is 0 Å². The summed E-state index contributed by atoms with van der Waals surface area (Å²) in [5.74, 6) is 1.66. The lowest BCUT2D eigenvalue weighted by Crippen LogP contribution is -2.34. The van der Waals surface area contributed by atoms with Crippen molar-refractivity contribution in [2.24, 2.45) is 0 Å². The Morgan fingerprint density at radius 3 is 1.73 bits per heavy atom. The average Bonchev–Trinajstić information content (AvgIpc) is 4.01. The van der Waals surface area contributed by atoms with Gasteiger partial charge in [0.15, 0.2) is 0 Å². The molecule has 0 amide bonds. The van der Waals surface area contributed by atoms with Gasteiger partial charge >= 0.3 is 0 Å². The number of ether oxygens (including phenoxy) is 1. The molecule has 10 aromatic rings. The SMILES string of the molecule is C=C/C=C\C1=C(C)C2(c3cc(N(c4ccc5c(c4)Sc4ccccc4C54c5ccccc5-c5ccccc54)c4cccc5oc6ccccc6c45)ccc3O1)c1ccccc1-c1ccccc12. The second-order valence-corrected chi connectivity index (χ2v) is 19.0. The lowest BCUT2D eigenvalue weighted by Gasteiger charge is -2.41. The smallest absolute Gasteiger partial charge is 0.137 e.